The topological polar surface area (TPSA) is 46.5 Å². The van der Waals surface area contributed by atoms with E-state index in [9.17, 15) is 4.79 Å². The van der Waals surface area contributed by atoms with Crippen molar-refractivity contribution in [3.63, 3.8) is 0 Å². The first-order valence-electron chi connectivity index (χ1n) is 3.60. The Kier molecular flexibility index (Phi) is 4.54. The maximum atomic E-state index is 10.8. The molecule has 11 heavy (non-hydrogen) atoms. The predicted octanol–water partition coefficient (Wildman–Crippen LogP) is 0.877. The molecule has 1 N–H and O–H groups in total. The summed E-state index contributed by atoms with van der Waals surface area (Å²) in [5.74, 6) is -0.423. The van der Waals surface area contributed by atoms with Gasteiger partial charge in [-0.05, 0) is 13.3 Å². The van der Waals surface area contributed by atoms with Crippen LogP contribution in [0, 0.1) is 0 Å². The minimum Gasteiger partial charge on any atom is -0.460 e. The molecule has 0 rings (SSSR count). The van der Waals surface area contributed by atoms with Crippen LogP contribution >= 0.6 is 0 Å². The largest absolute Gasteiger partial charge is 0.460 e. The fraction of sp³-hybridized carbons (Fsp3) is 0.625. The van der Waals surface area contributed by atoms with E-state index < -0.39 is 12.1 Å². The zero-order chi connectivity index (χ0) is 8.85. The van der Waals surface area contributed by atoms with Crippen molar-refractivity contribution in [1.29, 1.82) is 0 Å². The Morgan fingerprint density at radius 1 is 1.73 bits per heavy atom. The summed E-state index contributed by atoms with van der Waals surface area (Å²) in [7, 11) is 0. The van der Waals surface area contributed by atoms with E-state index in [-0.39, 0.29) is 6.61 Å². The van der Waals surface area contributed by atoms with Gasteiger partial charge in [-0.25, -0.2) is 4.79 Å². The molecular formula is C8H14O3. The zero-order valence-corrected chi connectivity index (χ0v) is 6.96. The minimum absolute atomic E-state index is 0.0395. The van der Waals surface area contributed by atoms with E-state index in [4.69, 9.17) is 5.11 Å². The monoisotopic (exact) mass is 158 g/mol. The highest BCUT2D eigenvalue weighted by atomic mass is 16.5. The smallest absolute Gasteiger partial charge is 0.333 e. The third-order valence-corrected chi connectivity index (χ3v) is 1.17. The molecule has 0 bridgehead atoms. The van der Waals surface area contributed by atoms with E-state index in [2.05, 4.69) is 11.3 Å². The summed E-state index contributed by atoms with van der Waals surface area (Å²) in [4.78, 5) is 10.8. The van der Waals surface area contributed by atoms with Gasteiger partial charge in [-0.2, -0.15) is 0 Å². The van der Waals surface area contributed by atoms with Crippen molar-refractivity contribution in [2.45, 2.75) is 26.4 Å². The minimum atomic E-state index is -0.608. The zero-order valence-electron chi connectivity index (χ0n) is 6.96. The highest BCUT2D eigenvalue weighted by Gasteiger charge is 2.06. The second-order valence-electron chi connectivity index (χ2n) is 2.40. The summed E-state index contributed by atoms with van der Waals surface area (Å²) in [6.45, 7) is 6.92. The molecule has 0 heterocycles. The number of ether oxygens (including phenoxy) is 1. The fourth-order valence-corrected chi connectivity index (χ4v) is 0.443. The standard InChI is InChI=1S/C8H14O3/c1-4-6(2)8(10)11-5-7(3)9/h7,9H,2,4-5H2,1,3H3/t7-/m0/s1. The average Bonchev–Trinajstić information content (AvgIpc) is 1.98. The molecule has 0 radical (unpaired) electrons. The summed E-state index contributed by atoms with van der Waals surface area (Å²) in [5, 5.41) is 8.75. The van der Waals surface area contributed by atoms with Crippen LogP contribution in [-0.4, -0.2) is 23.8 Å². The van der Waals surface area contributed by atoms with Crippen molar-refractivity contribution in [2.75, 3.05) is 6.61 Å². The van der Waals surface area contributed by atoms with Crippen LogP contribution in [0.25, 0.3) is 0 Å². The fourth-order valence-electron chi connectivity index (χ4n) is 0.443. The van der Waals surface area contributed by atoms with E-state index in [1.54, 1.807) is 6.92 Å². The normalized spacial score (nSPS) is 12.3. The Labute approximate surface area is 66.7 Å². The molecule has 1 atom stereocenters. The lowest BCUT2D eigenvalue weighted by atomic mass is 10.2. The predicted molar refractivity (Wildman–Crippen MR) is 42.1 cm³/mol. The Hall–Kier alpha value is -0.830. The van der Waals surface area contributed by atoms with Gasteiger partial charge in [0.1, 0.15) is 6.61 Å². The Morgan fingerprint density at radius 2 is 2.27 bits per heavy atom. The van der Waals surface area contributed by atoms with E-state index in [1.807, 2.05) is 6.92 Å². The van der Waals surface area contributed by atoms with Crippen molar-refractivity contribution < 1.29 is 14.6 Å². The van der Waals surface area contributed by atoms with Gasteiger partial charge < -0.3 is 9.84 Å². The third kappa shape index (κ3) is 4.56. The quantitative estimate of drug-likeness (QED) is 0.488. The maximum Gasteiger partial charge on any atom is 0.333 e. The summed E-state index contributed by atoms with van der Waals surface area (Å²) in [5.41, 5.74) is 0.436. The molecule has 0 aliphatic carbocycles. The van der Waals surface area contributed by atoms with Crippen LogP contribution in [0.5, 0.6) is 0 Å². The van der Waals surface area contributed by atoms with E-state index in [0.29, 0.717) is 12.0 Å². The molecule has 3 nitrogen and oxygen atoms in total. The second kappa shape index (κ2) is 4.91. The number of rotatable bonds is 4. The Balaban J connectivity index is 3.61. The number of esters is 1. The van der Waals surface area contributed by atoms with Crippen LogP contribution in [-0.2, 0) is 9.53 Å². The third-order valence-electron chi connectivity index (χ3n) is 1.17. The van der Waals surface area contributed by atoms with E-state index in [0.717, 1.165) is 0 Å². The van der Waals surface area contributed by atoms with Crippen LogP contribution in [0.3, 0.4) is 0 Å². The molecule has 0 amide bonds. The highest BCUT2D eigenvalue weighted by molar-refractivity contribution is 5.87. The highest BCUT2D eigenvalue weighted by Crippen LogP contribution is 1.99. The summed E-state index contributed by atoms with van der Waals surface area (Å²) >= 11 is 0. The van der Waals surface area contributed by atoms with Gasteiger partial charge in [0.05, 0.1) is 6.10 Å². The van der Waals surface area contributed by atoms with Gasteiger partial charge in [0.15, 0.2) is 0 Å². The summed E-state index contributed by atoms with van der Waals surface area (Å²) in [6, 6.07) is 0. The number of carbonyl (C=O) groups is 1. The lowest BCUT2D eigenvalue weighted by Gasteiger charge is -2.06. The van der Waals surface area contributed by atoms with Crippen molar-refractivity contribution in [2.24, 2.45) is 0 Å². The SMILES string of the molecule is C=C(CC)C(=O)OC[C@H](C)O. The maximum absolute atomic E-state index is 10.8. The second-order valence-corrected chi connectivity index (χ2v) is 2.40. The van der Waals surface area contributed by atoms with Crippen LogP contribution < -0.4 is 0 Å². The lowest BCUT2D eigenvalue weighted by molar-refractivity contribution is -0.141. The number of aliphatic hydroxyl groups is 1. The van der Waals surface area contributed by atoms with Crippen molar-refractivity contribution >= 4 is 5.97 Å². The first kappa shape index (κ1) is 10.2. The van der Waals surface area contributed by atoms with E-state index in [1.165, 1.54) is 0 Å². The van der Waals surface area contributed by atoms with Gasteiger partial charge in [0.2, 0.25) is 0 Å². The molecule has 3 heteroatoms. The van der Waals surface area contributed by atoms with Gasteiger partial charge in [-0.1, -0.05) is 13.5 Å². The molecule has 0 unspecified atom stereocenters. The number of hydrogen-bond donors (Lipinski definition) is 1. The molecule has 0 aromatic heterocycles. The van der Waals surface area contributed by atoms with Crippen LogP contribution in [0.15, 0.2) is 12.2 Å². The Bertz CT molecular complexity index is 149. The van der Waals surface area contributed by atoms with Crippen molar-refractivity contribution in [1.82, 2.24) is 0 Å². The van der Waals surface area contributed by atoms with E-state index >= 15 is 0 Å². The van der Waals surface area contributed by atoms with Crippen LogP contribution in [0.2, 0.25) is 0 Å². The molecule has 0 aromatic carbocycles. The summed E-state index contributed by atoms with van der Waals surface area (Å²) < 4.78 is 4.67. The van der Waals surface area contributed by atoms with Gasteiger partial charge in [0, 0.05) is 5.57 Å². The lowest BCUT2D eigenvalue weighted by Crippen LogP contribution is -2.15. The van der Waals surface area contributed by atoms with Gasteiger partial charge in [-0.3, -0.25) is 0 Å². The number of hydrogen-bond acceptors (Lipinski definition) is 3. The van der Waals surface area contributed by atoms with Crippen molar-refractivity contribution in [3.05, 3.63) is 12.2 Å². The Morgan fingerprint density at radius 3 is 2.64 bits per heavy atom. The van der Waals surface area contributed by atoms with Gasteiger partial charge >= 0.3 is 5.97 Å². The van der Waals surface area contributed by atoms with Gasteiger partial charge in [0.25, 0.3) is 0 Å². The van der Waals surface area contributed by atoms with Crippen LogP contribution in [0.1, 0.15) is 20.3 Å². The van der Waals surface area contributed by atoms with Crippen molar-refractivity contribution in [3.8, 4) is 0 Å². The molecule has 0 aromatic rings. The molecule has 0 aliphatic heterocycles. The summed E-state index contributed by atoms with van der Waals surface area (Å²) in [6.07, 6.45) is -0.0258. The molecule has 0 aliphatic rings. The first-order chi connectivity index (χ1) is 5.07. The van der Waals surface area contributed by atoms with Crippen LogP contribution in [0.4, 0.5) is 0 Å². The number of carbonyl (C=O) groups excluding carboxylic acids is 1. The first-order valence-corrected chi connectivity index (χ1v) is 3.60. The average molecular weight is 158 g/mol. The van der Waals surface area contributed by atoms with Gasteiger partial charge in [-0.15, -0.1) is 0 Å². The molecule has 0 saturated heterocycles. The molecular weight excluding hydrogens is 144 g/mol. The molecule has 0 fully saturated rings. The molecule has 0 saturated carbocycles. The molecule has 0 spiro atoms. The molecule has 64 valence electrons. The number of aliphatic hydroxyl groups excluding tert-OH is 1.